The number of amides is 2. The maximum Gasteiger partial charge on any atom is 0.328 e. The zero-order chi connectivity index (χ0) is 25.6. The van der Waals surface area contributed by atoms with Crippen molar-refractivity contribution in [3.05, 3.63) is 59.7 Å². The van der Waals surface area contributed by atoms with E-state index in [0.29, 0.717) is 18.5 Å². The normalized spacial score (nSPS) is 17.8. The average molecular weight is 480 g/mol. The lowest BCUT2D eigenvalue weighted by molar-refractivity contribution is -0.150. The van der Waals surface area contributed by atoms with Crippen molar-refractivity contribution in [1.82, 2.24) is 5.32 Å². The minimum absolute atomic E-state index is 0.185. The van der Waals surface area contributed by atoms with Crippen LogP contribution in [0, 0.1) is 11.3 Å². The van der Waals surface area contributed by atoms with E-state index >= 15 is 0 Å². The number of nitrogens with zero attached hydrogens (tertiary/aromatic N) is 1. The summed E-state index contributed by atoms with van der Waals surface area (Å²) < 4.78 is 4.90. The molecule has 0 aromatic heterocycles. The number of ether oxygens (including phenoxy) is 1. The van der Waals surface area contributed by atoms with E-state index in [-0.39, 0.29) is 18.2 Å². The maximum atomic E-state index is 13.8. The number of esters is 1. The first kappa shape index (κ1) is 26.3. The molecule has 0 spiro atoms. The molecule has 0 saturated carbocycles. The number of methoxy groups -OCH3 is 1. The number of hydrogen-bond acceptors (Lipinski definition) is 5. The zero-order valence-electron chi connectivity index (χ0n) is 21.4. The second kappa shape index (κ2) is 11.4. The molecule has 2 N–H and O–H groups in total. The lowest BCUT2D eigenvalue weighted by atomic mass is 9.70. The summed E-state index contributed by atoms with van der Waals surface area (Å²) in [4.78, 5) is 42.0. The molecule has 0 heterocycles. The molecule has 3 rings (SSSR count). The first-order valence-corrected chi connectivity index (χ1v) is 12.4. The molecule has 2 amide bonds. The van der Waals surface area contributed by atoms with Gasteiger partial charge in [0.2, 0.25) is 11.8 Å². The van der Waals surface area contributed by atoms with Gasteiger partial charge in [-0.05, 0) is 74.4 Å². The summed E-state index contributed by atoms with van der Waals surface area (Å²) in [5, 5.41) is 5.81. The van der Waals surface area contributed by atoms with Crippen molar-refractivity contribution in [3.8, 4) is 0 Å². The Morgan fingerprint density at radius 2 is 1.60 bits per heavy atom. The highest BCUT2D eigenvalue weighted by Gasteiger charge is 2.49. The smallest absolute Gasteiger partial charge is 0.328 e. The van der Waals surface area contributed by atoms with Gasteiger partial charge in [0, 0.05) is 24.5 Å². The lowest BCUT2D eigenvalue weighted by Gasteiger charge is -2.37. The van der Waals surface area contributed by atoms with Crippen LogP contribution in [0.3, 0.4) is 0 Å². The molecule has 0 radical (unpaired) electrons. The van der Waals surface area contributed by atoms with Crippen LogP contribution in [0.15, 0.2) is 48.5 Å². The highest BCUT2D eigenvalue weighted by atomic mass is 16.5. The third-order valence-electron chi connectivity index (χ3n) is 6.96. The number of rotatable bonds is 9. The highest BCUT2D eigenvalue weighted by molar-refractivity contribution is 6.11. The quantitative estimate of drug-likeness (QED) is 0.420. The van der Waals surface area contributed by atoms with E-state index in [4.69, 9.17) is 4.74 Å². The molecule has 0 fully saturated rings. The molecule has 1 aliphatic carbocycles. The number of benzene rings is 2. The molecule has 2 aromatic rings. The Morgan fingerprint density at radius 1 is 0.971 bits per heavy atom. The van der Waals surface area contributed by atoms with Crippen molar-refractivity contribution in [2.24, 2.45) is 11.3 Å². The van der Waals surface area contributed by atoms with Crippen molar-refractivity contribution in [2.45, 2.75) is 53.0 Å². The van der Waals surface area contributed by atoms with Crippen LogP contribution < -0.4 is 15.5 Å². The van der Waals surface area contributed by atoms with E-state index < -0.39 is 23.3 Å². The summed E-state index contributed by atoms with van der Waals surface area (Å²) in [6, 6.07) is 14.7. The van der Waals surface area contributed by atoms with E-state index in [1.807, 2.05) is 62.4 Å². The SMILES string of the molecule is CCN(CC)c1ccc(NC(=O)C2(C(=O)NC(C(=O)OC)C(C)C)CCc3ccccc3C2)cc1. The molecule has 0 aliphatic heterocycles. The van der Waals surface area contributed by atoms with Crippen LogP contribution in [-0.2, 0) is 32.0 Å². The molecule has 7 heteroatoms. The standard InChI is InChI=1S/C28H37N3O4/c1-6-31(7-2)23-14-12-22(13-15-23)29-26(33)28(17-16-20-10-8-9-11-21(20)18-28)27(34)30-24(19(3)4)25(32)35-5/h8-15,19,24H,6-7,16-18H2,1-5H3,(H,29,33)(H,30,34). The average Bonchev–Trinajstić information content (AvgIpc) is 2.87. The van der Waals surface area contributed by atoms with Crippen LogP contribution in [0.25, 0.3) is 0 Å². The molecule has 2 aromatic carbocycles. The van der Waals surface area contributed by atoms with Gasteiger partial charge in [-0.2, -0.15) is 0 Å². The third kappa shape index (κ3) is 5.66. The topological polar surface area (TPSA) is 87.7 Å². The minimum Gasteiger partial charge on any atom is -0.467 e. The van der Waals surface area contributed by atoms with Gasteiger partial charge < -0.3 is 20.3 Å². The molecule has 7 nitrogen and oxygen atoms in total. The van der Waals surface area contributed by atoms with Crippen LogP contribution in [0.5, 0.6) is 0 Å². The van der Waals surface area contributed by atoms with Gasteiger partial charge >= 0.3 is 5.97 Å². The van der Waals surface area contributed by atoms with Crippen LogP contribution >= 0.6 is 0 Å². The fourth-order valence-corrected chi connectivity index (χ4v) is 4.73. The molecule has 35 heavy (non-hydrogen) atoms. The predicted octanol–water partition coefficient (Wildman–Crippen LogP) is 3.96. The van der Waals surface area contributed by atoms with Gasteiger partial charge in [-0.3, -0.25) is 9.59 Å². The van der Waals surface area contributed by atoms with E-state index in [9.17, 15) is 14.4 Å². The Morgan fingerprint density at radius 3 is 2.17 bits per heavy atom. The van der Waals surface area contributed by atoms with Crippen molar-refractivity contribution in [3.63, 3.8) is 0 Å². The Hall–Kier alpha value is -3.35. The van der Waals surface area contributed by atoms with Gasteiger partial charge in [-0.25, -0.2) is 4.79 Å². The number of carbonyl (C=O) groups excluding carboxylic acids is 3. The maximum absolute atomic E-state index is 13.8. The summed E-state index contributed by atoms with van der Waals surface area (Å²) >= 11 is 0. The second-order valence-corrected chi connectivity index (χ2v) is 9.42. The fourth-order valence-electron chi connectivity index (χ4n) is 4.73. The summed E-state index contributed by atoms with van der Waals surface area (Å²) in [7, 11) is 1.30. The molecule has 1 aliphatic rings. The molecule has 0 saturated heterocycles. The predicted molar refractivity (Wildman–Crippen MR) is 138 cm³/mol. The van der Waals surface area contributed by atoms with Crippen LogP contribution in [0.4, 0.5) is 11.4 Å². The summed E-state index contributed by atoms with van der Waals surface area (Å²) in [5.74, 6) is -1.53. The molecule has 2 atom stereocenters. The van der Waals surface area contributed by atoms with Gasteiger partial charge in [0.05, 0.1) is 7.11 Å². The van der Waals surface area contributed by atoms with Gasteiger partial charge in [-0.15, -0.1) is 0 Å². The minimum atomic E-state index is -1.34. The van der Waals surface area contributed by atoms with E-state index in [1.165, 1.54) is 7.11 Å². The van der Waals surface area contributed by atoms with E-state index in [2.05, 4.69) is 29.4 Å². The van der Waals surface area contributed by atoms with Crippen LogP contribution in [0.2, 0.25) is 0 Å². The van der Waals surface area contributed by atoms with Gasteiger partial charge in [0.25, 0.3) is 0 Å². The van der Waals surface area contributed by atoms with E-state index in [1.54, 1.807) is 0 Å². The number of anilines is 2. The third-order valence-corrected chi connectivity index (χ3v) is 6.96. The van der Waals surface area contributed by atoms with Crippen molar-refractivity contribution in [1.29, 1.82) is 0 Å². The Labute approximate surface area is 208 Å². The summed E-state index contributed by atoms with van der Waals surface area (Å²) in [5.41, 5.74) is 2.48. The fraction of sp³-hybridized carbons (Fsp3) is 0.464. The number of fused-ring (bicyclic) bond motifs is 1. The molecule has 0 bridgehead atoms. The second-order valence-electron chi connectivity index (χ2n) is 9.42. The Bertz CT molecular complexity index is 1050. The molecule has 2 unspecified atom stereocenters. The zero-order valence-corrected chi connectivity index (χ0v) is 21.4. The van der Waals surface area contributed by atoms with Crippen molar-refractivity contribution in [2.75, 3.05) is 30.4 Å². The van der Waals surface area contributed by atoms with Crippen molar-refractivity contribution < 1.29 is 19.1 Å². The lowest BCUT2D eigenvalue weighted by Crippen LogP contribution is -2.57. The number of hydrogen-bond donors (Lipinski definition) is 2. The number of aryl methyl sites for hydroxylation is 1. The van der Waals surface area contributed by atoms with Crippen molar-refractivity contribution >= 4 is 29.2 Å². The largest absolute Gasteiger partial charge is 0.467 e. The Balaban J connectivity index is 1.91. The number of nitrogens with one attached hydrogen (secondary N) is 2. The van der Waals surface area contributed by atoms with Gasteiger partial charge in [-0.1, -0.05) is 38.1 Å². The summed E-state index contributed by atoms with van der Waals surface area (Å²) in [6.45, 7) is 9.65. The van der Waals surface area contributed by atoms with Crippen LogP contribution in [-0.4, -0.2) is 44.0 Å². The molecule has 188 valence electrons. The van der Waals surface area contributed by atoms with E-state index in [0.717, 1.165) is 29.9 Å². The first-order chi connectivity index (χ1) is 16.7. The van der Waals surface area contributed by atoms with Crippen LogP contribution in [0.1, 0.15) is 45.2 Å². The molecular weight excluding hydrogens is 442 g/mol. The molecular formula is C28H37N3O4. The highest BCUT2D eigenvalue weighted by Crippen LogP contribution is 2.37. The van der Waals surface area contributed by atoms with Gasteiger partial charge in [0.15, 0.2) is 0 Å². The summed E-state index contributed by atoms with van der Waals surface area (Å²) in [6.07, 6.45) is 1.22. The first-order valence-electron chi connectivity index (χ1n) is 12.4. The number of carbonyl (C=O) groups is 3. The monoisotopic (exact) mass is 479 g/mol. The van der Waals surface area contributed by atoms with Gasteiger partial charge in [0.1, 0.15) is 11.5 Å². The Kier molecular flexibility index (Phi) is 8.54.